The summed E-state index contributed by atoms with van der Waals surface area (Å²) in [4.78, 5) is 4.57. The summed E-state index contributed by atoms with van der Waals surface area (Å²) in [6.45, 7) is 0.551. The lowest BCUT2D eigenvalue weighted by molar-refractivity contribution is 0.503. The van der Waals surface area contributed by atoms with Crippen LogP contribution in [0.2, 0.25) is 0 Å². The normalized spacial score (nSPS) is 14.0. The van der Waals surface area contributed by atoms with E-state index in [1.165, 1.54) is 36.1 Å². The molecule has 0 radical (unpaired) electrons. The molecule has 0 bridgehead atoms. The van der Waals surface area contributed by atoms with Gasteiger partial charge in [0.05, 0.1) is 11.4 Å². The van der Waals surface area contributed by atoms with Gasteiger partial charge in [0.25, 0.3) is 5.89 Å². The molecule has 0 saturated heterocycles. The molecule has 0 aromatic carbocycles. The van der Waals surface area contributed by atoms with Gasteiger partial charge in [-0.05, 0) is 37.3 Å². The zero-order chi connectivity index (χ0) is 15.8. The lowest BCUT2D eigenvalue weighted by Gasteiger charge is -2.12. The van der Waals surface area contributed by atoms with Crippen molar-refractivity contribution in [3.8, 4) is 10.8 Å². The number of nitrogens with zero attached hydrogens (tertiary/aromatic N) is 5. The summed E-state index contributed by atoms with van der Waals surface area (Å²) in [5.74, 6) is 2.13. The second-order valence-electron chi connectivity index (χ2n) is 5.97. The van der Waals surface area contributed by atoms with E-state index in [1.807, 2.05) is 31.3 Å². The molecule has 0 spiro atoms. The van der Waals surface area contributed by atoms with Crippen molar-refractivity contribution in [2.45, 2.75) is 32.2 Å². The van der Waals surface area contributed by atoms with Gasteiger partial charge in [0.2, 0.25) is 5.89 Å². The van der Waals surface area contributed by atoms with Crippen LogP contribution in [-0.2, 0) is 26.4 Å². The van der Waals surface area contributed by atoms with Crippen LogP contribution in [0.4, 0.5) is 5.82 Å². The highest BCUT2D eigenvalue weighted by Crippen LogP contribution is 2.35. The molecule has 0 unspecified atom stereocenters. The minimum atomic E-state index is 0.551. The first-order valence-electron chi connectivity index (χ1n) is 7.84. The van der Waals surface area contributed by atoms with Crippen molar-refractivity contribution in [3.05, 3.63) is 34.7 Å². The average molecular weight is 329 g/mol. The van der Waals surface area contributed by atoms with E-state index in [9.17, 15) is 0 Å². The molecule has 1 aliphatic rings. The van der Waals surface area contributed by atoms with Gasteiger partial charge in [-0.25, -0.2) is 0 Å². The van der Waals surface area contributed by atoms with Crippen molar-refractivity contribution in [1.82, 2.24) is 20.0 Å². The number of hydrogen-bond donors (Lipinski definition) is 0. The molecule has 0 fully saturated rings. The molecule has 4 rings (SSSR count). The van der Waals surface area contributed by atoms with Crippen molar-refractivity contribution in [1.29, 1.82) is 0 Å². The predicted octanol–water partition coefficient (Wildman–Crippen LogP) is 3.05. The van der Waals surface area contributed by atoms with Crippen molar-refractivity contribution >= 4 is 17.2 Å². The highest BCUT2D eigenvalue weighted by atomic mass is 32.1. The predicted molar refractivity (Wildman–Crippen MR) is 89.6 cm³/mol. The van der Waals surface area contributed by atoms with Gasteiger partial charge in [-0.2, -0.15) is 5.10 Å². The van der Waals surface area contributed by atoms with Gasteiger partial charge in [-0.15, -0.1) is 21.5 Å². The second kappa shape index (κ2) is 5.81. The highest BCUT2D eigenvalue weighted by molar-refractivity contribution is 7.15. The maximum Gasteiger partial charge on any atom is 0.257 e. The smallest absolute Gasteiger partial charge is 0.257 e. The summed E-state index contributed by atoms with van der Waals surface area (Å²) in [6.07, 6.45) is 6.85. The minimum absolute atomic E-state index is 0.551. The molecule has 0 atom stereocenters. The van der Waals surface area contributed by atoms with Crippen molar-refractivity contribution in [2.24, 2.45) is 7.05 Å². The number of anilines is 1. The second-order valence-corrected chi connectivity index (χ2v) is 7.11. The molecule has 0 aliphatic heterocycles. The van der Waals surface area contributed by atoms with E-state index >= 15 is 0 Å². The molecule has 7 heteroatoms. The first-order chi connectivity index (χ1) is 11.2. The Morgan fingerprint density at radius 2 is 2.17 bits per heavy atom. The lowest BCUT2D eigenvalue weighted by Crippen LogP contribution is -2.17. The van der Waals surface area contributed by atoms with E-state index in [2.05, 4.69) is 21.4 Å². The summed E-state index contributed by atoms with van der Waals surface area (Å²) < 4.78 is 7.64. The van der Waals surface area contributed by atoms with E-state index in [4.69, 9.17) is 4.42 Å². The van der Waals surface area contributed by atoms with Gasteiger partial charge in [-0.3, -0.25) is 4.68 Å². The molecule has 0 N–H and O–H groups in total. The molecule has 3 aromatic heterocycles. The number of fused-ring (bicyclic) bond motifs is 1. The Labute approximate surface area is 138 Å². The van der Waals surface area contributed by atoms with Crippen LogP contribution in [0.3, 0.4) is 0 Å². The maximum absolute atomic E-state index is 5.86. The number of thiophene rings is 1. The van der Waals surface area contributed by atoms with Crippen molar-refractivity contribution < 1.29 is 4.42 Å². The molecule has 23 heavy (non-hydrogen) atoms. The Hall–Kier alpha value is -2.15. The summed E-state index contributed by atoms with van der Waals surface area (Å²) in [6, 6.07) is 4.18. The number of hydrogen-bond acceptors (Lipinski definition) is 6. The van der Waals surface area contributed by atoms with Crippen LogP contribution >= 0.6 is 11.3 Å². The summed E-state index contributed by atoms with van der Waals surface area (Å²) in [5.41, 5.74) is 1.46. The quantitative estimate of drug-likeness (QED) is 0.736. The van der Waals surface area contributed by atoms with Crippen LogP contribution < -0.4 is 4.90 Å². The standard InChI is InChI=1S/C16H19N5OS/c1-20(14-7-8-21(2)19-14)10-15-17-18-16(22-15)13-9-11-5-3-4-6-12(11)23-13/h7-9H,3-6,10H2,1-2H3. The van der Waals surface area contributed by atoms with E-state index in [-0.39, 0.29) is 0 Å². The highest BCUT2D eigenvalue weighted by Gasteiger charge is 2.18. The monoisotopic (exact) mass is 329 g/mol. The van der Waals surface area contributed by atoms with Gasteiger partial charge in [-0.1, -0.05) is 0 Å². The maximum atomic E-state index is 5.86. The van der Waals surface area contributed by atoms with Crippen LogP contribution in [0.25, 0.3) is 10.8 Å². The molecule has 3 heterocycles. The van der Waals surface area contributed by atoms with Gasteiger partial charge >= 0.3 is 0 Å². The molecule has 0 amide bonds. The van der Waals surface area contributed by atoms with Gasteiger partial charge in [0.15, 0.2) is 5.82 Å². The van der Waals surface area contributed by atoms with Crippen LogP contribution in [0.15, 0.2) is 22.7 Å². The Balaban J connectivity index is 1.51. The molecular weight excluding hydrogens is 310 g/mol. The lowest BCUT2D eigenvalue weighted by atomic mass is 9.99. The van der Waals surface area contributed by atoms with Crippen LogP contribution in [0, 0.1) is 0 Å². The summed E-state index contributed by atoms with van der Waals surface area (Å²) in [7, 11) is 3.87. The summed E-state index contributed by atoms with van der Waals surface area (Å²) >= 11 is 1.79. The first-order valence-corrected chi connectivity index (χ1v) is 8.66. The fourth-order valence-corrected chi connectivity index (χ4v) is 4.08. The third-order valence-electron chi connectivity index (χ3n) is 4.14. The zero-order valence-electron chi connectivity index (χ0n) is 13.3. The molecule has 120 valence electrons. The number of rotatable bonds is 4. The van der Waals surface area contributed by atoms with E-state index < -0.39 is 0 Å². The molecule has 1 aliphatic carbocycles. The molecule has 3 aromatic rings. The number of aryl methyl sites for hydroxylation is 3. The first kappa shape index (κ1) is 14.4. The third-order valence-corrected chi connectivity index (χ3v) is 5.36. The molecular formula is C16H19N5OS. The Kier molecular flexibility index (Phi) is 3.65. The Bertz CT molecular complexity index is 795. The Morgan fingerprint density at radius 1 is 1.30 bits per heavy atom. The third kappa shape index (κ3) is 2.88. The fraction of sp³-hybridized carbons (Fsp3) is 0.438. The van der Waals surface area contributed by atoms with E-state index in [1.54, 1.807) is 16.0 Å². The van der Waals surface area contributed by atoms with E-state index in [0.717, 1.165) is 10.7 Å². The largest absolute Gasteiger partial charge is 0.418 e. The van der Waals surface area contributed by atoms with Crippen molar-refractivity contribution in [2.75, 3.05) is 11.9 Å². The fourth-order valence-electron chi connectivity index (χ4n) is 2.90. The van der Waals surface area contributed by atoms with E-state index in [0.29, 0.717) is 18.3 Å². The zero-order valence-corrected chi connectivity index (χ0v) is 14.1. The molecule has 0 saturated carbocycles. The summed E-state index contributed by atoms with van der Waals surface area (Å²) in [5, 5.41) is 12.8. The van der Waals surface area contributed by atoms with Crippen LogP contribution in [0.5, 0.6) is 0 Å². The van der Waals surface area contributed by atoms with Gasteiger partial charge in [0.1, 0.15) is 0 Å². The number of aromatic nitrogens is 4. The SMILES string of the molecule is CN(Cc1nnc(-c2cc3c(s2)CCCC3)o1)c1ccn(C)n1. The molecule has 6 nitrogen and oxygen atoms in total. The Morgan fingerprint density at radius 3 is 2.96 bits per heavy atom. The van der Waals surface area contributed by atoms with Crippen molar-refractivity contribution in [3.63, 3.8) is 0 Å². The van der Waals surface area contributed by atoms with Gasteiger partial charge < -0.3 is 9.32 Å². The topological polar surface area (TPSA) is 60.0 Å². The van der Waals surface area contributed by atoms with Gasteiger partial charge in [0, 0.05) is 31.2 Å². The van der Waals surface area contributed by atoms with Crippen LogP contribution in [-0.4, -0.2) is 27.0 Å². The average Bonchev–Trinajstić information content (AvgIpc) is 3.25. The minimum Gasteiger partial charge on any atom is -0.418 e. The van der Waals surface area contributed by atoms with Crippen LogP contribution in [0.1, 0.15) is 29.2 Å².